The van der Waals surface area contributed by atoms with E-state index < -0.39 is 10.8 Å². The van der Waals surface area contributed by atoms with Crippen molar-refractivity contribution in [3.63, 3.8) is 0 Å². The number of esters is 1. The predicted molar refractivity (Wildman–Crippen MR) is 156 cm³/mol. The third-order valence-electron chi connectivity index (χ3n) is 7.25. The van der Waals surface area contributed by atoms with Gasteiger partial charge in [0.2, 0.25) is 5.88 Å². The fraction of sp³-hybridized carbons (Fsp3) is 0.407. The highest BCUT2D eigenvalue weighted by molar-refractivity contribution is 8.22. The molecule has 0 saturated heterocycles. The van der Waals surface area contributed by atoms with E-state index in [1.54, 1.807) is 22.6 Å². The Hall–Kier alpha value is -2.74. The van der Waals surface area contributed by atoms with Gasteiger partial charge in [0.05, 0.1) is 29.9 Å². The minimum atomic E-state index is -3.39. The summed E-state index contributed by atoms with van der Waals surface area (Å²) in [5.41, 5.74) is 4.32. The average molecular weight is 606 g/mol. The van der Waals surface area contributed by atoms with Crippen molar-refractivity contribution < 1.29 is 23.4 Å². The first-order chi connectivity index (χ1) is 19.2. The SMILES string of the molecule is CCC1CN(Cc2cc(C(CC(=O)OC)c3ccc4c(nnn4CC)c3C)sc2Cl)S(O)(O)c2cccnc2O1. The third kappa shape index (κ3) is 5.31. The number of rotatable bonds is 8. The Morgan fingerprint density at radius 3 is 2.85 bits per heavy atom. The molecule has 1 aliphatic heterocycles. The van der Waals surface area contributed by atoms with E-state index in [1.165, 1.54) is 18.4 Å². The molecule has 40 heavy (non-hydrogen) atoms. The number of carbonyl (C=O) groups is 1. The summed E-state index contributed by atoms with van der Waals surface area (Å²) in [6.45, 7) is 7.13. The van der Waals surface area contributed by atoms with Crippen molar-refractivity contribution in [3.05, 3.63) is 62.4 Å². The van der Waals surface area contributed by atoms with Gasteiger partial charge in [-0.3, -0.25) is 13.9 Å². The average Bonchev–Trinajstić information content (AvgIpc) is 3.51. The normalized spacial score (nSPS) is 18.5. The molecule has 2 N–H and O–H groups in total. The summed E-state index contributed by atoms with van der Waals surface area (Å²) in [5.74, 6) is -0.444. The lowest BCUT2D eigenvalue weighted by molar-refractivity contribution is -0.140. The number of benzene rings is 1. The molecule has 13 heteroatoms. The molecule has 0 saturated carbocycles. The van der Waals surface area contributed by atoms with Crippen molar-refractivity contribution in [2.24, 2.45) is 0 Å². The molecular formula is C27H32ClN5O5S2. The van der Waals surface area contributed by atoms with Crippen molar-refractivity contribution >= 4 is 50.7 Å². The Kier molecular flexibility index (Phi) is 8.37. The Morgan fingerprint density at radius 1 is 1.32 bits per heavy atom. The highest BCUT2D eigenvalue weighted by Crippen LogP contribution is 2.57. The maximum Gasteiger partial charge on any atom is 0.306 e. The number of carbonyl (C=O) groups excluding carboxylic acids is 1. The van der Waals surface area contributed by atoms with Crippen molar-refractivity contribution in [1.29, 1.82) is 0 Å². The molecule has 0 spiro atoms. The Bertz CT molecular complexity index is 1540. The smallest absolute Gasteiger partial charge is 0.306 e. The number of halogens is 1. The van der Waals surface area contributed by atoms with Crippen LogP contribution in [-0.2, 0) is 22.6 Å². The van der Waals surface area contributed by atoms with Crippen LogP contribution in [0.15, 0.2) is 41.4 Å². The molecule has 2 atom stereocenters. The molecule has 0 fully saturated rings. The van der Waals surface area contributed by atoms with E-state index >= 15 is 0 Å². The van der Waals surface area contributed by atoms with Gasteiger partial charge in [-0.1, -0.05) is 29.8 Å². The lowest BCUT2D eigenvalue weighted by atomic mass is 9.89. The van der Waals surface area contributed by atoms with Crippen molar-refractivity contribution in [2.45, 2.75) is 63.6 Å². The zero-order valence-electron chi connectivity index (χ0n) is 22.7. The fourth-order valence-corrected chi connectivity index (χ4v) is 7.97. The molecule has 0 bridgehead atoms. The Labute approximate surface area is 243 Å². The van der Waals surface area contributed by atoms with Crippen LogP contribution in [-0.4, -0.2) is 59.1 Å². The van der Waals surface area contributed by atoms with Gasteiger partial charge in [-0.25, -0.2) is 9.67 Å². The van der Waals surface area contributed by atoms with Crippen LogP contribution >= 0.6 is 33.7 Å². The van der Waals surface area contributed by atoms with E-state index in [9.17, 15) is 13.9 Å². The van der Waals surface area contributed by atoms with Crippen LogP contribution in [0.2, 0.25) is 4.34 Å². The number of pyridine rings is 1. The molecule has 1 aliphatic rings. The number of nitrogens with zero attached hydrogens (tertiary/aromatic N) is 5. The van der Waals surface area contributed by atoms with Crippen LogP contribution in [0.25, 0.3) is 11.0 Å². The van der Waals surface area contributed by atoms with E-state index in [2.05, 4.69) is 15.3 Å². The van der Waals surface area contributed by atoms with Gasteiger partial charge in [0.15, 0.2) is 0 Å². The van der Waals surface area contributed by atoms with Crippen molar-refractivity contribution in [1.82, 2.24) is 24.3 Å². The monoisotopic (exact) mass is 605 g/mol. The van der Waals surface area contributed by atoms with Gasteiger partial charge in [-0.05, 0) is 61.2 Å². The first-order valence-electron chi connectivity index (χ1n) is 13.0. The number of thiophene rings is 1. The number of hydrogen-bond acceptors (Lipinski definition) is 10. The van der Waals surface area contributed by atoms with Gasteiger partial charge in [0.25, 0.3) is 0 Å². The molecule has 5 rings (SSSR count). The van der Waals surface area contributed by atoms with Crippen LogP contribution < -0.4 is 4.74 Å². The first-order valence-corrected chi connectivity index (χ1v) is 15.7. The van der Waals surface area contributed by atoms with Crippen LogP contribution in [0.3, 0.4) is 0 Å². The lowest BCUT2D eigenvalue weighted by Crippen LogP contribution is -2.34. The van der Waals surface area contributed by atoms with Gasteiger partial charge in [-0.15, -0.1) is 27.2 Å². The van der Waals surface area contributed by atoms with E-state index in [1.807, 2.05) is 43.7 Å². The summed E-state index contributed by atoms with van der Waals surface area (Å²) in [7, 11) is -2.02. The van der Waals surface area contributed by atoms with Crippen molar-refractivity contribution in [2.75, 3.05) is 13.7 Å². The highest BCUT2D eigenvalue weighted by Gasteiger charge is 2.36. The number of methoxy groups -OCH3 is 1. The quantitative estimate of drug-likeness (QED) is 0.224. The van der Waals surface area contributed by atoms with Crippen LogP contribution in [0.4, 0.5) is 0 Å². The Balaban J connectivity index is 1.52. The van der Waals surface area contributed by atoms with Gasteiger partial charge in [0.1, 0.15) is 16.5 Å². The third-order valence-corrected chi connectivity index (χ3v) is 10.7. The van der Waals surface area contributed by atoms with E-state index in [0.717, 1.165) is 32.6 Å². The summed E-state index contributed by atoms with van der Waals surface area (Å²) in [6, 6.07) is 9.21. The fourth-order valence-electron chi connectivity index (χ4n) is 5.01. The second-order valence-corrected chi connectivity index (χ2v) is 13.3. The summed E-state index contributed by atoms with van der Waals surface area (Å²) in [5, 5.41) is 8.63. The molecule has 0 aliphatic carbocycles. The maximum atomic E-state index is 12.5. The molecule has 0 amide bonds. The number of aromatic nitrogens is 4. The van der Waals surface area contributed by atoms with Crippen molar-refractivity contribution in [3.8, 4) is 5.88 Å². The summed E-state index contributed by atoms with van der Waals surface area (Å²) in [6.07, 6.45) is 2.07. The molecule has 10 nitrogen and oxygen atoms in total. The second kappa shape index (κ2) is 11.6. The molecule has 3 aromatic heterocycles. The maximum absolute atomic E-state index is 12.5. The molecular weight excluding hydrogens is 574 g/mol. The van der Waals surface area contributed by atoms with E-state index in [0.29, 0.717) is 17.3 Å². The summed E-state index contributed by atoms with van der Waals surface area (Å²) < 4.78 is 37.7. The van der Waals surface area contributed by atoms with Crippen LogP contribution in [0.1, 0.15) is 54.2 Å². The summed E-state index contributed by atoms with van der Waals surface area (Å²) in [4.78, 5) is 17.9. The van der Waals surface area contributed by atoms with E-state index in [-0.39, 0.29) is 48.3 Å². The van der Waals surface area contributed by atoms with Crippen LogP contribution in [0.5, 0.6) is 5.88 Å². The molecule has 0 radical (unpaired) electrons. The predicted octanol–water partition coefficient (Wildman–Crippen LogP) is 6.26. The number of aryl methyl sites for hydroxylation is 2. The van der Waals surface area contributed by atoms with Crippen LogP contribution in [0, 0.1) is 6.92 Å². The first kappa shape index (κ1) is 28.8. The largest absolute Gasteiger partial charge is 0.472 e. The zero-order valence-corrected chi connectivity index (χ0v) is 25.1. The number of fused-ring (bicyclic) bond motifs is 2. The van der Waals surface area contributed by atoms with Gasteiger partial charge in [-0.2, -0.15) is 4.31 Å². The van der Waals surface area contributed by atoms with E-state index in [4.69, 9.17) is 21.1 Å². The zero-order chi connectivity index (χ0) is 28.6. The highest BCUT2D eigenvalue weighted by atomic mass is 35.5. The standard InChI is InChI=1S/C27H32ClN5O5S2/c1-5-18-15-32(40(35,36)23-8-7-11-29-27(23)38-18)14-17-12-22(39-26(17)28)20(13-24(34)37-4)19-9-10-21-25(16(19)3)30-31-33(21)6-2/h7-12,18,20,35-36H,5-6,13-15H2,1-4H3. The molecule has 4 aromatic rings. The lowest BCUT2D eigenvalue weighted by Gasteiger charge is -2.41. The van der Waals surface area contributed by atoms with Gasteiger partial charge >= 0.3 is 5.97 Å². The molecule has 214 valence electrons. The number of hydrogen-bond donors (Lipinski definition) is 2. The topological polar surface area (TPSA) is 123 Å². The summed E-state index contributed by atoms with van der Waals surface area (Å²) >= 11 is 8.15. The minimum absolute atomic E-state index is 0.116. The molecule has 2 unspecified atom stereocenters. The number of ether oxygens (including phenoxy) is 2. The minimum Gasteiger partial charge on any atom is -0.472 e. The second-order valence-electron chi connectivity index (χ2n) is 9.63. The molecule has 4 heterocycles. The van der Waals surface area contributed by atoms with Gasteiger partial charge < -0.3 is 9.47 Å². The Morgan fingerprint density at radius 2 is 2.12 bits per heavy atom. The van der Waals surface area contributed by atoms with Gasteiger partial charge in [0, 0.05) is 30.1 Å². The molecule has 1 aromatic carbocycles.